The van der Waals surface area contributed by atoms with Gasteiger partial charge in [-0.3, -0.25) is 4.79 Å². The fourth-order valence-corrected chi connectivity index (χ4v) is 6.06. The summed E-state index contributed by atoms with van der Waals surface area (Å²) in [5.74, 6) is -1.06. The van der Waals surface area contributed by atoms with Gasteiger partial charge in [0.05, 0.1) is 4.90 Å². The van der Waals surface area contributed by atoms with E-state index in [0.29, 0.717) is 23.7 Å². The van der Waals surface area contributed by atoms with Gasteiger partial charge < -0.3 is 10.1 Å². The first-order valence-corrected chi connectivity index (χ1v) is 12.6. The van der Waals surface area contributed by atoms with Crippen LogP contribution >= 0.6 is 11.3 Å². The summed E-state index contributed by atoms with van der Waals surface area (Å²) in [6.07, 6.45) is 3.56. The van der Waals surface area contributed by atoms with Crippen molar-refractivity contribution in [2.24, 2.45) is 0 Å². The summed E-state index contributed by atoms with van der Waals surface area (Å²) >= 11 is 1.35. The molecule has 0 bridgehead atoms. The quantitative estimate of drug-likeness (QED) is 0.628. The number of aryl methyl sites for hydroxylation is 3. The Morgan fingerprint density at radius 2 is 1.84 bits per heavy atom. The number of hydrogen-bond acceptors (Lipinski definition) is 6. The number of amides is 1. The Labute approximate surface area is 187 Å². The van der Waals surface area contributed by atoms with Crippen LogP contribution in [0.2, 0.25) is 0 Å². The van der Waals surface area contributed by atoms with Crippen LogP contribution in [-0.2, 0) is 26.0 Å². The van der Waals surface area contributed by atoms with E-state index in [-0.39, 0.29) is 4.90 Å². The van der Waals surface area contributed by atoms with Crippen LogP contribution in [0.1, 0.15) is 51.9 Å². The summed E-state index contributed by atoms with van der Waals surface area (Å²) in [4.78, 5) is 26.2. The Bertz CT molecular complexity index is 1070. The minimum absolute atomic E-state index is 0.147. The van der Waals surface area contributed by atoms with E-state index in [9.17, 15) is 18.0 Å². The van der Waals surface area contributed by atoms with Gasteiger partial charge in [0.15, 0.2) is 6.61 Å². The summed E-state index contributed by atoms with van der Waals surface area (Å²) in [5.41, 5.74) is 2.20. The lowest BCUT2D eigenvalue weighted by Crippen LogP contribution is -2.35. The van der Waals surface area contributed by atoms with Crippen molar-refractivity contribution in [3.8, 4) is 0 Å². The van der Waals surface area contributed by atoms with Crippen LogP contribution in [0.4, 0.5) is 5.69 Å². The number of rotatable bonds is 7. The fourth-order valence-electron chi connectivity index (χ4n) is 3.51. The van der Waals surface area contributed by atoms with Crippen LogP contribution in [0.15, 0.2) is 29.2 Å². The molecule has 1 saturated heterocycles. The van der Waals surface area contributed by atoms with Crippen molar-refractivity contribution in [1.29, 1.82) is 0 Å². The number of carbonyl (C=O) groups excluding carboxylic acids is 2. The summed E-state index contributed by atoms with van der Waals surface area (Å²) < 4.78 is 32.4. The number of nitrogens with zero attached hydrogens (tertiary/aromatic N) is 1. The van der Waals surface area contributed by atoms with Gasteiger partial charge in [-0.1, -0.05) is 19.4 Å². The predicted molar refractivity (Wildman–Crippen MR) is 121 cm³/mol. The average Bonchev–Trinajstić information content (AvgIpc) is 3.15. The van der Waals surface area contributed by atoms with Crippen molar-refractivity contribution >= 4 is 38.9 Å². The maximum atomic E-state index is 12.9. The molecule has 2 heterocycles. The van der Waals surface area contributed by atoms with Crippen molar-refractivity contribution < 1.29 is 22.7 Å². The van der Waals surface area contributed by atoms with Crippen molar-refractivity contribution in [3.05, 3.63) is 45.1 Å². The number of benzene rings is 1. The SMILES string of the molecule is CCc1cc(C(=O)OCC(=O)Nc2cc(S(=O)(=O)N3CCCCC3)ccc2C)sc1C. The molecule has 31 heavy (non-hydrogen) atoms. The third kappa shape index (κ3) is 5.53. The van der Waals surface area contributed by atoms with E-state index in [1.165, 1.54) is 21.7 Å². The van der Waals surface area contributed by atoms with Gasteiger partial charge in [-0.15, -0.1) is 11.3 Å². The Hall–Kier alpha value is -2.23. The molecular formula is C22H28N2O5S2. The Morgan fingerprint density at radius 3 is 2.48 bits per heavy atom. The molecule has 1 aromatic heterocycles. The van der Waals surface area contributed by atoms with Crippen LogP contribution in [0.3, 0.4) is 0 Å². The molecule has 0 aliphatic carbocycles. The van der Waals surface area contributed by atoms with Gasteiger partial charge in [0.2, 0.25) is 10.0 Å². The number of nitrogens with one attached hydrogen (secondary N) is 1. The van der Waals surface area contributed by atoms with Crippen molar-refractivity contribution in [1.82, 2.24) is 4.31 Å². The highest BCUT2D eigenvalue weighted by Crippen LogP contribution is 2.26. The molecule has 2 aromatic rings. The topological polar surface area (TPSA) is 92.8 Å². The second kappa shape index (κ2) is 9.93. The van der Waals surface area contributed by atoms with E-state index in [4.69, 9.17) is 4.74 Å². The molecule has 1 aliphatic heterocycles. The zero-order valence-corrected chi connectivity index (χ0v) is 19.7. The highest BCUT2D eigenvalue weighted by atomic mass is 32.2. The number of sulfonamides is 1. The molecule has 0 radical (unpaired) electrons. The van der Waals surface area contributed by atoms with Crippen molar-refractivity contribution in [2.45, 2.75) is 51.3 Å². The lowest BCUT2D eigenvalue weighted by molar-refractivity contribution is -0.119. The minimum Gasteiger partial charge on any atom is -0.451 e. The van der Waals surface area contributed by atoms with Gasteiger partial charge in [0.1, 0.15) is 4.88 Å². The maximum Gasteiger partial charge on any atom is 0.348 e. The number of piperidine rings is 1. The number of thiophene rings is 1. The van der Waals surface area contributed by atoms with Crippen LogP contribution in [0.5, 0.6) is 0 Å². The van der Waals surface area contributed by atoms with Crippen molar-refractivity contribution in [3.63, 3.8) is 0 Å². The summed E-state index contributed by atoms with van der Waals surface area (Å²) in [6.45, 7) is 6.31. The van der Waals surface area contributed by atoms with E-state index in [2.05, 4.69) is 5.32 Å². The van der Waals surface area contributed by atoms with E-state index >= 15 is 0 Å². The molecule has 1 amide bonds. The molecule has 0 atom stereocenters. The monoisotopic (exact) mass is 464 g/mol. The first-order valence-electron chi connectivity index (χ1n) is 10.4. The molecule has 1 N–H and O–H groups in total. The second-order valence-corrected chi connectivity index (χ2v) is 10.8. The number of anilines is 1. The Balaban J connectivity index is 1.65. The van der Waals surface area contributed by atoms with Gasteiger partial charge >= 0.3 is 5.97 Å². The zero-order valence-electron chi connectivity index (χ0n) is 18.1. The van der Waals surface area contributed by atoms with E-state index < -0.39 is 28.5 Å². The second-order valence-electron chi connectivity index (χ2n) is 7.61. The Morgan fingerprint density at radius 1 is 1.13 bits per heavy atom. The smallest absolute Gasteiger partial charge is 0.348 e. The molecule has 3 rings (SSSR count). The predicted octanol–water partition coefficient (Wildman–Crippen LogP) is 3.90. The van der Waals surface area contributed by atoms with E-state index in [0.717, 1.165) is 41.7 Å². The molecule has 0 unspecified atom stereocenters. The third-order valence-corrected chi connectivity index (χ3v) is 8.34. The number of esters is 1. The summed E-state index contributed by atoms with van der Waals surface area (Å²) in [6, 6.07) is 6.48. The number of ether oxygens (including phenoxy) is 1. The average molecular weight is 465 g/mol. The lowest BCUT2D eigenvalue weighted by Gasteiger charge is -2.26. The van der Waals surface area contributed by atoms with E-state index in [1.807, 2.05) is 13.8 Å². The van der Waals surface area contributed by atoms with Crippen LogP contribution < -0.4 is 5.32 Å². The van der Waals surface area contributed by atoms with Gasteiger partial charge in [-0.05, 0) is 62.4 Å². The standard InChI is InChI=1S/C22H28N2O5S2/c1-4-17-12-20(30-16(17)3)22(26)29-14-21(25)23-19-13-18(9-8-15(19)2)31(27,28)24-10-6-5-7-11-24/h8-9,12-13H,4-7,10-11,14H2,1-3H3,(H,23,25). The van der Waals surface area contributed by atoms with Gasteiger partial charge in [-0.2, -0.15) is 4.31 Å². The molecule has 9 heteroatoms. The lowest BCUT2D eigenvalue weighted by atomic mass is 10.2. The fraction of sp³-hybridized carbons (Fsp3) is 0.455. The van der Waals surface area contributed by atoms with Crippen LogP contribution in [-0.4, -0.2) is 44.3 Å². The molecule has 168 valence electrons. The Kier molecular flexibility index (Phi) is 7.51. The molecule has 1 aromatic carbocycles. The molecular weight excluding hydrogens is 436 g/mol. The van der Waals surface area contributed by atoms with Gasteiger partial charge in [0, 0.05) is 23.7 Å². The zero-order chi connectivity index (χ0) is 22.6. The largest absolute Gasteiger partial charge is 0.451 e. The molecule has 1 aliphatic rings. The van der Waals surface area contributed by atoms with Crippen molar-refractivity contribution in [2.75, 3.05) is 25.0 Å². The molecule has 0 spiro atoms. The molecule has 0 saturated carbocycles. The third-order valence-electron chi connectivity index (χ3n) is 5.37. The summed E-state index contributed by atoms with van der Waals surface area (Å²) in [7, 11) is -3.61. The van der Waals surface area contributed by atoms with Gasteiger partial charge in [0.25, 0.3) is 5.91 Å². The normalized spacial score (nSPS) is 14.9. The first-order chi connectivity index (χ1) is 14.7. The van der Waals surface area contributed by atoms with Crippen LogP contribution in [0.25, 0.3) is 0 Å². The van der Waals surface area contributed by atoms with E-state index in [1.54, 1.807) is 25.1 Å². The highest BCUT2D eigenvalue weighted by molar-refractivity contribution is 7.89. The maximum absolute atomic E-state index is 12.9. The minimum atomic E-state index is -3.61. The first kappa shape index (κ1) is 23.4. The molecule has 1 fully saturated rings. The molecule has 7 nitrogen and oxygen atoms in total. The van der Waals surface area contributed by atoms with Gasteiger partial charge in [-0.25, -0.2) is 13.2 Å². The number of hydrogen-bond donors (Lipinski definition) is 1. The van der Waals surface area contributed by atoms with Crippen LogP contribution in [0, 0.1) is 13.8 Å². The highest BCUT2D eigenvalue weighted by Gasteiger charge is 2.26. The number of carbonyl (C=O) groups is 2. The summed E-state index contributed by atoms with van der Waals surface area (Å²) in [5, 5.41) is 2.66.